The number of hydrogen-bond donors (Lipinski definition) is 1. The number of nitrogens with zero attached hydrogens (tertiary/aromatic N) is 2. The van der Waals surface area contributed by atoms with E-state index >= 15 is 0 Å². The van der Waals surface area contributed by atoms with Gasteiger partial charge >= 0.3 is 0 Å². The molecule has 0 saturated carbocycles. The molecule has 0 bridgehead atoms. The summed E-state index contributed by atoms with van der Waals surface area (Å²) < 4.78 is 7.21. The number of ether oxygens (including phenoxy) is 1. The van der Waals surface area contributed by atoms with Crippen LogP contribution in [-0.2, 0) is 11.8 Å². The van der Waals surface area contributed by atoms with E-state index in [2.05, 4.69) is 23.5 Å². The number of aromatic nitrogens is 2. The second kappa shape index (κ2) is 4.77. The lowest BCUT2D eigenvalue weighted by Gasteiger charge is -2.19. The first-order valence-corrected chi connectivity index (χ1v) is 5.62. The molecule has 4 heteroatoms. The molecule has 0 aromatic carbocycles. The molecule has 2 heterocycles. The minimum absolute atomic E-state index is 0.408. The second-order valence-corrected chi connectivity index (χ2v) is 4.14. The third kappa shape index (κ3) is 2.58. The van der Waals surface area contributed by atoms with Crippen molar-refractivity contribution in [2.24, 2.45) is 7.05 Å². The lowest BCUT2D eigenvalue weighted by atomic mass is 10.1. The predicted octanol–water partition coefficient (Wildman–Crippen LogP) is 1.25. The van der Waals surface area contributed by atoms with Crippen LogP contribution in [0.5, 0.6) is 0 Å². The van der Waals surface area contributed by atoms with Crippen LogP contribution in [0.15, 0.2) is 12.4 Å². The molecule has 84 valence electrons. The van der Waals surface area contributed by atoms with Crippen molar-refractivity contribution < 1.29 is 4.74 Å². The first kappa shape index (κ1) is 10.6. The first-order valence-electron chi connectivity index (χ1n) is 5.62. The number of aryl methyl sites for hydroxylation is 1. The van der Waals surface area contributed by atoms with Crippen LogP contribution in [0.3, 0.4) is 0 Å². The van der Waals surface area contributed by atoms with Crippen molar-refractivity contribution >= 4 is 0 Å². The summed E-state index contributed by atoms with van der Waals surface area (Å²) in [5.74, 6) is 0. The van der Waals surface area contributed by atoms with E-state index in [0.29, 0.717) is 12.1 Å². The Balaban J connectivity index is 1.97. The van der Waals surface area contributed by atoms with E-state index in [1.54, 1.807) is 0 Å². The van der Waals surface area contributed by atoms with Crippen molar-refractivity contribution in [3.05, 3.63) is 18.0 Å². The maximum absolute atomic E-state index is 5.36. The molecule has 2 unspecified atom stereocenters. The van der Waals surface area contributed by atoms with Crippen LogP contribution >= 0.6 is 0 Å². The Morgan fingerprint density at radius 3 is 3.13 bits per heavy atom. The van der Waals surface area contributed by atoms with Crippen molar-refractivity contribution in [2.45, 2.75) is 31.8 Å². The van der Waals surface area contributed by atoms with Gasteiger partial charge < -0.3 is 10.1 Å². The Morgan fingerprint density at radius 2 is 2.60 bits per heavy atom. The molecule has 1 fully saturated rings. The van der Waals surface area contributed by atoms with Crippen LogP contribution in [0.1, 0.15) is 31.4 Å². The van der Waals surface area contributed by atoms with Gasteiger partial charge in [0, 0.05) is 37.5 Å². The molecule has 0 amide bonds. The van der Waals surface area contributed by atoms with Crippen LogP contribution < -0.4 is 5.32 Å². The fraction of sp³-hybridized carbons (Fsp3) is 0.727. The van der Waals surface area contributed by atoms with E-state index in [1.165, 1.54) is 5.56 Å². The molecule has 0 aliphatic carbocycles. The summed E-state index contributed by atoms with van der Waals surface area (Å²) in [4.78, 5) is 0. The smallest absolute Gasteiger partial charge is 0.0620 e. The van der Waals surface area contributed by atoms with Gasteiger partial charge in [0.1, 0.15) is 0 Å². The second-order valence-electron chi connectivity index (χ2n) is 4.14. The molecule has 2 atom stereocenters. The highest BCUT2D eigenvalue weighted by Gasteiger charge is 2.20. The number of hydrogen-bond acceptors (Lipinski definition) is 3. The summed E-state index contributed by atoms with van der Waals surface area (Å²) in [5.41, 5.74) is 1.27. The zero-order valence-corrected chi connectivity index (χ0v) is 9.44. The highest BCUT2D eigenvalue weighted by atomic mass is 16.5. The van der Waals surface area contributed by atoms with E-state index in [1.807, 2.05) is 17.9 Å². The topological polar surface area (TPSA) is 39.1 Å². The normalized spacial score (nSPS) is 23.2. The van der Waals surface area contributed by atoms with Crippen molar-refractivity contribution in [3.8, 4) is 0 Å². The molecule has 1 aliphatic heterocycles. The molecule has 15 heavy (non-hydrogen) atoms. The molecule has 1 aromatic rings. The van der Waals surface area contributed by atoms with Gasteiger partial charge in [-0.1, -0.05) is 6.92 Å². The van der Waals surface area contributed by atoms with Crippen molar-refractivity contribution in [1.29, 1.82) is 0 Å². The summed E-state index contributed by atoms with van der Waals surface area (Å²) in [6.07, 6.45) is 6.23. The van der Waals surface area contributed by atoms with Crippen LogP contribution in [0.25, 0.3) is 0 Å². The average Bonchev–Trinajstić information content (AvgIpc) is 2.85. The third-order valence-corrected chi connectivity index (χ3v) is 2.90. The minimum atomic E-state index is 0.408. The lowest BCUT2D eigenvalue weighted by Crippen LogP contribution is -2.32. The number of nitrogens with one attached hydrogen (secondary N) is 1. The molecule has 2 rings (SSSR count). The van der Waals surface area contributed by atoms with Gasteiger partial charge in [0.15, 0.2) is 0 Å². The zero-order chi connectivity index (χ0) is 10.7. The standard InChI is InChI=1S/C11H19N3O/c1-3-11(9-6-12-14(2)7-9)13-10-4-5-15-8-10/h6-7,10-11,13H,3-5,8H2,1-2H3. The fourth-order valence-corrected chi connectivity index (χ4v) is 2.02. The van der Waals surface area contributed by atoms with Gasteiger partial charge in [-0.3, -0.25) is 4.68 Å². The van der Waals surface area contributed by atoms with E-state index < -0.39 is 0 Å². The summed E-state index contributed by atoms with van der Waals surface area (Å²) in [6, 6.07) is 0.917. The maximum Gasteiger partial charge on any atom is 0.0620 e. The van der Waals surface area contributed by atoms with E-state index in [4.69, 9.17) is 4.74 Å². The Kier molecular flexibility index (Phi) is 3.38. The van der Waals surface area contributed by atoms with Crippen LogP contribution in [0, 0.1) is 0 Å². The van der Waals surface area contributed by atoms with Crippen molar-refractivity contribution in [2.75, 3.05) is 13.2 Å². The first-order chi connectivity index (χ1) is 7.29. The molecular formula is C11H19N3O. The van der Waals surface area contributed by atoms with Crippen molar-refractivity contribution in [1.82, 2.24) is 15.1 Å². The SMILES string of the molecule is CCC(NC1CCOC1)c1cnn(C)c1. The molecule has 0 radical (unpaired) electrons. The molecule has 4 nitrogen and oxygen atoms in total. The number of rotatable bonds is 4. The predicted molar refractivity (Wildman–Crippen MR) is 58.6 cm³/mol. The van der Waals surface area contributed by atoms with Crippen LogP contribution in [0.2, 0.25) is 0 Å². The van der Waals surface area contributed by atoms with Gasteiger partial charge in [0.25, 0.3) is 0 Å². The Labute approximate surface area is 90.6 Å². The summed E-state index contributed by atoms with van der Waals surface area (Å²) in [6.45, 7) is 3.93. The Bertz CT molecular complexity index is 305. The molecular weight excluding hydrogens is 190 g/mol. The molecule has 1 saturated heterocycles. The quantitative estimate of drug-likeness (QED) is 0.811. The van der Waals surface area contributed by atoms with Gasteiger partial charge in [-0.25, -0.2) is 0 Å². The van der Waals surface area contributed by atoms with Gasteiger partial charge in [0.05, 0.1) is 12.8 Å². The van der Waals surface area contributed by atoms with Gasteiger partial charge in [-0.2, -0.15) is 5.10 Å². The highest BCUT2D eigenvalue weighted by Crippen LogP contribution is 2.18. The Morgan fingerprint density at radius 1 is 1.73 bits per heavy atom. The van der Waals surface area contributed by atoms with Crippen LogP contribution in [-0.4, -0.2) is 29.0 Å². The van der Waals surface area contributed by atoms with Gasteiger partial charge in [-0.15, -0.1) is 0 Å². The van der Waals surface area contributed by atoms with E-state index in [0.717, 1.165) is 26.1 Å². The molecule has 1 N–H and O–H groups in total. The summed E-state index contributed by atoms with van der Waals surface area (Å²) in [7, 11) is 1.95. The fourth-order valence-electron chi connectivity index (χ4n) is 2.02. The molecule has 1 aliphatic rings. The van der Waals surface area contributed by atoms with Crippen molar-refractivity contribution in [3.63, 3.8) is 0 Å². The average molecular weight is 209 g/mol. The monoisotopic (exact) mass is 209 g/mol. The van der Waals surface area contributed by atoms with E-state index in [9.17, 15) is 0 Å². The Hall–Kier alpha value is -0.870. The molecule has 1 aromatic heterocycles. The van der Waals surface area contributed by atoms with E-state index in [-0.39, 0.29) is 0 Å². The summed E-state index contributed by atoms with van der Waals surface area (Å²) >= 11 is 0. The minimum Gasteiger partial charge on any atom is -0.380 e. The van der Waals surface area contributed by atoms with Gasteiger partial charge in [0.2, 0.25) is 0 Å². The highest BCUT2D eigenvalue weighted by molar-refractivity contribution is 5.10. The maximum atomic E-state index is 5.36. The molecule has 0 spiro atoms. The zero-order valence-electron chi connectivity index (χ0n) is 9.44. The van der Waals surface area contributed by atoms with Crippen LogP contribution in [0.4, 0.5) is 0 Å². The largest absolute Gasteiger partial charge is 0.380 e. The van der Waals surface area contributed by atoms with Gasteiger partial charge in [-0.05, 0) is 12.8 Å². The third-order valence-electron chi connectivity index (χ3n) is 2.90. The lowest BCUT2D eigenvalue weighted by molar-refractivity contribution is 0.187. The summed E-state index contributed by atoms with van der Waals surface area (Å²) in [5, 5.41) is 7.82.